The number of halogens is 3. The van der Waals surface area contributed by atoms with Crippen molar-refractivity contribution in [2.24, 2.45) is 0 Å². The van der Waals surface area contributed by atoms with Crippen LogP contribution < -0.4 is 0 Å². The molecular weight excluding hydrogens is 247 g/mol. The maximum absolute atomic E-state index is 12.6. The van der Waals surface area contributed by atoms with E-state index >= 15 is 0 Å². The summed E-state index contributed by atoms with van der Waals surface area (Å²) in [6.07, 6.45) is -4.08. The molecule has 0 saturated carbocycles. The number of hydrogen-bond acceptors (Lipinski definition) is 2. The second-order valence-electron chi connectivity index (χ2n) is 3.78. The number of carboxylic acid groups (broad SMARTS) is 1. The maximum Gasteiger partial charge on any atom is 0.417 e. The van der Waals surface area contributed by atoms with Crippen LogP contribution in [0.15, 0.2) is 30.5 Å². The van der Waals surface area contributed by atoms with Crippen LogP contribution in [-0.4, -0.2) is 16.1 Å². The van der Waals surface area contributed by atoms with Gasteiger partial charge in [-0.1, -0.05) is 12.1 Å². The summed E-state index contributed by atoms with van der Waals surface area (Å²) in [4.78, 5) is 14.4. The number of aromatic nitrogens is 1. The maximum atomic E-state index is 12.6. The number of carbonyl (C=O) groups is 1. The average Bonchev–Trinajstić information content (AvgIpc) is 2.27. The van der Waals surface area contributed by atoms with E-state index in [9.17, 15) is 18.0 Å². The molecule has 0 aliphatic carbocycles. The van der Waals surface area contributed by atoms with Crippen LogP contribution in [0.4, 0.5) is 13.2 Å². The highest BCUT2D eigenvalue weighted by Crippen LogP contribution is 2.31. The Labute approximate surface area is 99.9 Å². The molecule has 1 aromatic heterocycles. The fourth-order valence-corrected chi connectivity index (χ4v) is 1.68. The minimum absolute atomic E-state index is 0.217. The Morgan fingerprint density at radius 2 is 2.06 bits per heavy atom. The fraction of sp³-hybridized carbons (Fsp3) is 0.167. The monoisotopic (exact) mass is 255 g/mol. The number of benzene rings is 1. The minimum Gasteiger partial charge on any atom is -0.481 e. The Balaban J connectivity index is 2.62. The first-order valence-electron chi connectivity index (χ1n) is 5.04. The lowest BCUT2D eigenvalue weighted by Gasteiger charge is -2.09. The van der Waals surface area contributed by atoms with E-state index in [4.69, 9.17) is 5.11 Å². The molecule has 3 nitrogen and oxygen atoms in total. The quantitative estimate of drug-likeness (QED) is 0.897. The van der Waals surface area contributed by atoms with E-state index in [1.807, 2.05) is 0 Å². The Morgan fingerprint density at radius 1 is 1.33 bits per heavy atom. The van der Waals surface area contributed by atoms with Crippen LogP contribution in [0.1, 0.15) is 11.1 Å². The molecule has 0 saturated heterocycles. The van der Waals surface area contributed by atoms with Crippen molar-refractivity contribution in [2.45, 2.75) is 12.6 Å². The van der Waals surface area contributed by atoms with Crippen LogP contribution in [0, 0.1) is 0 Å². The van der Waals surface area contributed by atoms with Gasteiger partial charge in [0, 0.05) is 11.6 Å². The first-order chi connectivity index (χ1) is 8.38. The van der Waals surface area contributed by atoms with E-state index in [0.29, 0.717) is 11.1 Å². The third kappa shape index (κ3) is 2.42. The molecule has 1 aromatic carbocycles. The van der Waals surface area contributed by atoms with Gasteiger partial charge in [0.25, 0.3) is 0 Å². The topological polar surface area (TPSA) is 50.2 Å². The van der Waals surface area contributed by atoms with Gasteiger partial charge in [0.1, 0.15) is 0 Å². The zero-order valence-corrected chi connectivity index (χ0v) is 9.03. The van der Waals surface area contributed by atoms with E-state index in [1.54, 1.807) is 12.1 Å². The second kappa shape index (κ2) is 4.29. The highest BCUT2D eigenvalue weighted by atomic mass is 19.4. The van der Waals surface area contributed by atoms with Crippen molar-refractivity contribution in [2.75, 3.05) is 0 Å². The normalized spacial score (nSPS) is 11.7. The van der Waals surface area contributed by atoms with Crippen LogP contribution in [0.3, 0.4) is 0 Å². The largest absolute Gasteiger partial charge is 0.481 e. The van der Waals surface area contributed by atoms with Crippen molar-refractivity contribution < 1.29 is 23.1 Å². The molecule has 0 unspecified atom stereocenters. The third-order valence-electron chi connectivity index (χ3n) is 2.48. The SMILES string of the molecule is O=C(O)Cc1cccc2ncc(C(F)(F)F)cc12. The molecule has 0 atom stereocenters. The highest BCUT2D eigenvalue weighted by Gasteiger charge is 2.31. The molecule has 0 radical (unpaired) electrons. The zero-order chi connectivity index (χ0) is 13.3. The van der Waals surface area contributed by atoms with Crippen LogP contribution in [0.5, 0.6) is 0 Å². The highest BCUT2D eigenvalue weighted by molar-refractivity contribution is 5.86. The standard InChI is InChI=1S/C12H8F3NO2/c13-12(14,15)8-5-9-7(4-11(17)18)2-1-3-10(9)16-6-8/h1-3,5-6H,4H2,(H,17,18). The molecule has 2 aromatic rings. The van der Waals surface area contributed by atoms with Gasteiger partial charge in [-0.25, -0.2) is 0 Å². The molecular formula is C12H8F3NO2. The summed E-state index contributed by atoms with van der Waals surface area (Å²) in [7, 11) is 0. The number of rotatable bonds is 2. The Hall–Kier alpha value is -2.11. The number of alkyl halides is 3. The molecule has 1 N–H and O–H groups in total. The fourth-order valence-electron chi connectivity index (χ4n) is 1.68. The molecule has 0 amide bonds. The molecule has 0 bridgehead atoms. The van der Waals surface area contributed by atoms with Crippen molar-refractivity contribution >= 4 is 16.9 Å². The molecule has 0 fully saturated rings. The number of hydrogen-bond donors (Lipinski definition) is 1. The smallest absolute Gasteiger partial charge is 0.417 e. The van der Waals surface area contributed by atoms with Crippen LogP contribution in [-0.2, 0) is 17.4 Å². The average molecular weight is 255 g/mol. The van der Waals surface area contributed by atoms with Gasteiger partial charge in [-0.05, 0) is 17.7 Å². The molecule has 1 heterocycles. The first-order valence-corrected chi connectivity index (χ1v) is 5.04. The zero-order valence-electron chi connectivity index (χ0n) is 9.03. The summed E-state index contributed by atoms with van der Waals surface area (Å²) in [5.74, 6) is -1.10. The number of pyridine rings is 1. The third-order valence-corrected chi connectivity index (χ3v) is 2.48. The van der Waals surface area contributed by atoms with Crippen molar-refractivity contribution in [3.8, 4) is 0 Å². The van der Waals surface area contributed by atoms with E-state index in [-0.39, 0.29) is 11.8 Å². The van der Waals surface area contributed by atoms with E-state index in [2.05, 4.69) is 4.98 Å². The second-order valence-corrected chi connectivity index (χ2v) is 3.78. The molecule has 2 rings (SSSR count). The van der Waals surface area contributed by atoms with Gasteiger partial charge in [-0.3, -0.25) is 9.78 Å². The summed E-state index contributed by atoms with van der Waals surface area (Å²) in [5.41, 5.74) is -0.215. The summed E-state index contributed by atoms with van der Waals surface area (Å²) in [5, 5.41) is 8.93. The van der Waals surface area contributed by atoms with Gasteiger partial charge in [0.15, 0.2) is 0 Å². The predicted octanol–water partition coefficient (Wildman–Crippen LogP) is 2.88. The number of nitrogens with zero attached hydrogens (tertiary/aromatic N) is 1. The lowest BCUT2D eigenvalue weighted by Crippen LogP contribution is -2.06. The Morgan fingerprint density at radius 3 is 2.67 bits per heavy atom. The summed E-state index contributed by atoms with van der Waals surface area (Å²) >= 11 is 0. The molecule has 18 heavy (non-hydrogen) atoms. The molecule has 0 aliphatic rings. The van der Waals surface area contributed by atoms with E-state index in [0.717, 1.165) is 12.3 Å². The minimum atomic E-state index is -4.49. The summed E-state index contributed by atoms with van der Waals surface area (Å²) in [6.45, 7) is 0. The van der Waals surface area contributed by atoms with Gasteiger partial charge in [0.05, 0.1) is 17.5 Å². The molecule has 0 aliphatic heterocycles. The van der Waals surface area contributed by atoms with Crippen molar-refractivity contribution in [3.05, 3.63) is 41.6 Å². The van der Waals surface area contributed by atoms with Crippen molar-refractivity contribution in [1.82, 2.24) is 4.98 Å². The predicted molar refractivity (Wildman–Crippen MR) is 58.1 cm³/mol. The van der Waals surface area contributed by atoms with Crippen molar-refractivity contribution in [3.63, 3.8) is 0 Å². The summed E-state index contributed by atoms with van der Waals surface area (Å²) < 4.78 is 37.7. The number of aliphatic carboxylic acids is 1. The van der Waals surface area contributed by atoms with Gasteiger partial charge in [0.2, 0.25) is 0 Å². The Bertz CT molecular complexity index is 608. The number of fused-ring (bicyclic) bond motifs is 1. The Kier molecular flexibility index (Phi) is 2.94. The van der Waals surface area contributed by atoms with E-state index in [1.165, 1.54) is 6.07 Å². The van der Waals surface area contributed by atoms with Gasteiger partial charge < -0.3 is 5.11 Å². The van der Waals surface area contributed by atoms with E-state index < -0.39 is 17.7 Å². The van der Waals surface area contributed by atoms with Crippen molar-refractivity contribution in [1.29, 1.82) is 0 Å². The summed E-state index contributed by atoms with van der Waals surface area (Å²) in [6, 6.07) is 5.53. The van der Waals surface area contributed by atoms with Gasteiger partial charge in [-0.15, -0.1) is 0 Å². The molecule has 6 heteroatoms. The van der Waals surface area contributed by atoms with Crippen LogP contribution in [0.2, 0.25) is 0 Å². The van der Waals surface area contributed by atoms with Gasteiger partial charge >= 0.3 is 12.1 Å². The number of carboxylic acids is 1. The lowest BCUT2D eigenvalue weighted by atomic mass is 10.0. The van der Waals surface area contributed by atoms with Crippen LogP contribution >= 0.6 is 0 Å². The lowest BCUT2D eigenvalue weighted by molar-refractivity contribution is -0.138. The molecule has 94 valence electrons. The first kappa shape index (κ1) is 12.3. The van der Waals surface area contributed by atoms with Crippen LogP contribution in [0.25, 0.3) is 10.9 Å². The molecule has 0 spiro atoms. The van der Waals surface area contributed by atoms with Gasteiger partial charge in [-0.2, -0.15) is 13.2 Å².